The number of Topliss-reactive ketones (excluding diaryl/α,β-unsaturated/α-hetero) is 1. The van der Waals surface area contributed by atoms with Crippen molar-refractivity contribution in [1.82, 2.24) is 9.47 Å². The highest BCUT2D eigenvalue weighted by Gasteiger charge is 2.22. The van der Waals surface area contributed by atoms with Crippen molar-refractivity contribution < 1.29 is 23.9 Å². The lowest BCUT2D eigenvalue weighted by atomic mass is 10.1. The van der Waals surface area contributed by atoms with Gasteiger partial charge in [0.25, 0.3) is 0 Å². The maximum atomic E-state index is 13.0. The van der Waals surface area contributed by atoms with Crippen LogP contribution in [0, 0.1) is 13.8 Å². The van der Waals surface area contributed by atoms with Crippen molar-refractivity contribution >= 4 is 17.7 Å². The summed E-state index contributed by atoms with van der Waals surface area (Å²) >= 11 is 0. The smallest absolute Gasteiger partial charge is 0.338 e. The van der Waals surface area contributed by atoms with Gasteiger partial charge in [0.2, 0.25) is 0 Å². The predicted octanol–water partition coefficient (Wildman–Crippen LogP) is 4.12. The zero-order valence-electron chi connectivity index (χ0n) is 19.4. The normalized spacial score (nSPS) is 14.2. The van der Waals surface area contributed by atoms with Crippen LogP contribution in [0.3, 0.4) is 0 Å². The molecule has 3 rings (SSSR count). The van der Waals surface area contributed by atoms with Crippen LogP contribution in [0.25, 0.3) is 5.69 Å². The molecule has 172 valence electrons. The van der Waals surface area contributed by atoms with Crippen molar-refractivity contribution in [3.63, 3.8) is 0 Å². The molecular formula is C25H32N2O5. The Morgan fingerprint density at radius 2 is 1.41 bits per heavy atom. The maximum absolute atomic E-state index is 13.0. The van der Waals surface area contributed by atoms with Crippen LogP contribution < -0.4 is 0 Å². The topological polar surface area (TPSA) is 77.8 Å². The molecule has 32 heavy (non-hydrogen) atoms. The molecule has 1 aromatic heterocycles. The SMILES string of the molecule is CCOC(=O)c1cc(C(=O)OCC)cc(-n2c(C)cc(C(=O)CN3CCCCC3)c2C)c1. The molecule has 2 heterocycles. The molecule has 0 aliphatic carbocycles. The molecule has 1 aliphatic heterocycles. The van der Waals surface area contributed by atoms with Crippen LogP contribution in [0.1, 0.15) is 75.6 Å². The third kappa shape index (κ3) is 5.27. The number of benzene rings is 1. The highest BCUT2D eigenvalue weighted by Crippen LogP contribution is 2.25. The number of esters is 2. The standard InChI is InChI=1S/C25H32N2O5/c1-5-31-24(29)19-13-20(25(30)32-6-2)15-21(14-19)27-17(3)12-22(18(27)4)23(28)16-26-10-8-7-9-11-26/h12-15H,5-11,16H2,1-4H3. The Morgan fingerprint density at radius 3 is 1.94 bits per heavy atom. The Bertz CT molecular complexity index is 966. The van der Waals surface area contributed by atoms with E-state index in [-0.39, 0.29) is 30.1 Å². The summed E-state index contributed by atoms with van der Waals surface area (Å²) in [4.78, 5) is 40.1. The molecule has 0 atom stereocenters. The van der Waals surface area contributed by atoms with Crippen molar-refractivity contribution in [2.75, 3.05) is 32.8 Å². The lowest BCUT2D eigenvalue weighted by Gasteiger charge is -2.25. The van der Waals surface area contributed by atoms with Crippen molar-refractivity contribution in [3.8, 4) is 5.69 Å². The number of piperidine rings is 1. The molecule has 7 heteroatoms. The van der Waals surface area contributed by atoms with Gasteiger partial charge in [-0.1, -0.05) is 6.42 Å². The van der Waals surface area contributed by atoms with E-state index in [1.165, 1.54) is 12.5 Å². The molecule has 0 spiro atoms. The van der Waals surface area contributed by atoms with Gasteiger partial charge in [-0.2, -0.15) is 0 Å². The van der Waals surface area contributed by atoms with E-state index < -0.39 is 11.9 Å². The summed E-state index contributed by atoms with van der Waals surface area (Å²) in [5, 5.41) is 0. The van der Waals surface area contributed by atoms with Gasteiger partial charge >= 0.3 is 11.9 Å². The molecule has 7 nitrogen and oxygen atoms in total. The van der Waals surface area contributed by atoms with Gasteiger partial charge in [0.1, 0.15) is 0 Å². The predicted molar refractivity (Wildman–Crippen MR) is 122 cm³/mol. The molecule has 0 radical (unpaired) electrons. The minimum atomic E-state index is -0.510. The quantitative estimate of drug-likeness (QED) is 0.454. The second kappa shape index (κ2) is 10.6. The van der Waals surface area contributed by atoms with Gasteiger partial charge < -0.3 is 14.0 Å². The van der Waals surface area contributed by atoms with E-state index in [4.69, 9.17) is 9.47 Å². The summed E-state index contributed by atoms with van der Waals surface area (Å²) in [6, 6.07) is 6.72. The number of hydrogen-bond acceptors (Lipinski definition) is 6. The molecule has 1 saturated heterocycles. The van der Waals surface area contributed by atoms with Crippen LogP contribution in [0.4, 0.5) is 0 Å². The van der Waals surface area contributed by atoms with E-state index in [1.807, 2.05) is 24.5 Å². The molecule has 1 fully saturated rings. The fraction of sp³-hybridized carbons (Fsp3) is 0.480. The van der Waals surface area contributed by atoms with Gasteiger partial charge in [-0.25, -0.2) is 9.59 Å². The van der Waals surface area contributed by atoms with E-state index in [1.54, 1.807) is 26.0 Å². The van der Waals surface area contributed by atoms with Gasteiger partial charge in [-0.15, -0.1) is 0 Å². The van der Waals surface area contributed by atoms with Gasteiger partial charge in [-0.3, -0.25) is 9.69 Å². The first kappa shape index (κ1) is 23.7. The first-order chi connectivity index (χ1) is 15.3. The third-order valence-electron chi connectivity index (χ3n) is 5.75. The molecule has 0 amide bonds. The number of carbonyl (C=O) groups is 3. The number of nitrogens with zero attached hydrogens (tertiary/aromatic N) is 2. The summed E-state index contributed by atoms with van der Waals surface area (Å²) in [6.45, 7) is 10.0. The Balaban J connectivity index is 1.99. The van der Waals surface area contributed by atoms with E-state index in [0.29, 0.717) is 17.8 Å². The van der Waals surface area contributed by atoms with E-state index >= 15 is 0 Å². The van der Waals surface area contributed by atoms with Crippen molar-refractivity contribution in [2.45, 2.75) is 47.0 Å². The Labute approximate surface area is 189 Å². The van der Waals surface area contributed by atoms with E-state index in [9.17, 15) is 14.4 Å². The monoisotopic (exact) mass is 440 g/mol. The first-order valence-corrected chi connectivity index (χ1v) is 11.3. The first-order valence-electron chi connectivity index (χ1n) is 11.3. The summed E-state index contributed by atoms with van der Waals surface area (Å²) in [5.74, 6) is -0.939. The maximum Gasteiger partial charge on any atom is 0.338 e. The number of rotatable bonds is 8. The molecule has 0 bridgehead atoms. The molecule has 0 saturated carbocycles. The number of aryl methyl sites for hydroxylation is 1. The van der Waals surface area contributed by atoms with Gasteiger partial charge in [-0.05, 0) is 77.9 Å². The molecule has 1 aromatic carbocycles. The second-order valence-corrected chi connectivity index (χ2v) is 8.09. The van der Waals surface area contributed by atoms with E-state index in [2.05, 4.69) is 4.90 Å². The average Bonchev–Trinajstić information content (AvgIpc) is 3.08. The number of hydrogen-bond donors (Lipinski definition) is 0. The average molecular weight is 441 g/mol. The number of likely N-dealkylation sites (tertiary alicyclic amines) is 1. The zero-order valence-corrected chi connectivity index (χ0v) is 19.4. The van der Waals surface area contributed by atoms with Crippen LogP contribution in [0.15, 0.2) is 24.3 Å². The van der Waals surface area contributed by atoms with E-state index in [0.717, 1.165) is 37.3 Å². The molecule has 0 unspecified atom stereocenters. The highest BCUT2D eigenvalue weighted by atomic mass is 16.5. The number of ether oxygens (including phenoxy) is 2. The number of carbonyl (C=O) groups excluding carboxylic acids is 3. The second-order valence-electron chi connectivity index (χ2n) is 8.09. The van der Waals surface area contributed by atoms with Crippen LogP contribution in [0.5, 0.6) is 0 Å². The summed E-state index contributed by atoms with van der Waals surface area (Å²) < 4.78 is 12.2. The fourth-order valence-electron chi connectivity index (χ4n) is 4.25. The number of aromatic nitrogens is 1. The molecular weight excluding hydrogens is 408 g/mol. The van der Waals surface area contributed by atoms with Gasteiger partial charge in [0, 0.05) is 22.6 Å². The minimum absolute atomic E-state index is 0.0819. The lowest BCUT2D eigenvalue weighted by Crippen LogP contribution is -2.34. The highest BCUT2D eigenvalue weighted by molar-refractivity contribution is 5.99. The molecule has 1 aliphatic rings. The van der Waals surface area contributed by atoms with Crippen LogP contribution in [-0.4, -0.2) is 60.0 Å². The zero-order chi connectivity index (χ0) is 23.3. The van der Waals surface area contributed by atoms with Gasteiger partial charge in [0.15, 0.2) is 5.78 Å². The van der Waals surface area contributed by atoms with Crippen molar-refractivity contribution in [3.05, 3.63) is 52.3 Å². The summed E-state index contributed by atoms with van der Waals surface area (Å²) in [6.07, 6.45) is 3.48. The largest absolute Gasteiger partial charge is 0.462 e. The van der Waals surface area contributed by atoms with Crippen LogP contribution in [-0.2, 0) is 9.47 Å². The van der Waals surface area contributed by atoms with Gasteiger partial charge in [0.05, 0.1) is 30.9 Å². The summed E-state index contributed by atoms with van der Waals surface area (Å²) in [5.41, 5.74) is 3.43. The number of ketones is 1. The minimum Gasteiger partial charge on any atom is -0.462 e. The van der Waals surface area contributed by atoms with Crippen molar-refractivity contribution in [2.24, 2.45) is 0 Å². The Hall–Kier alpha value is -2.93. The third-order valence-corrected chi connectivity index (χ3v) is 5.75. The van der Waals surface area contributed by atoms with Crippen molar-refractivity contribution in [1.29, 1.82) is 0 Å². The molecule has 2 aromatic rings. The van der Waals surface area contributed by atoms with Crippen LogP contribution >= 0.6 is 0 Å². The Morgan fingerprint density at radius 1 is 0.844 bits per heavy atom. The lowest BCUT2D eigenvalue weighted by molar-refractivity contribution is 0.0524. The van der Waals surface area contributed by atoms with Crippen LogP contribution in [0.2, 0.25) is 0 Å². The summed E-state index contributed by atoms with van der Waals surface area (Å²) in [7, 11) is 0. The molecule has 0 N–H and O–H groups in total. The fourth-order valence-corrected chi connectivity index (χ4v) is 4.25. The Kier molecular flexibility index (Phi) is 7.85.